The Bertz CT molecular complexity index is 731. The number of pyridine rings is 1. The van der Waals surface area contributed by atoms with Gasteiger partial charge in [0.25, 0.3) is 0 Å². The zero-order chi connectivity index (χ0) is 21.4. The Morgan fingerprint density at radius 2 is 2.07 bits per heavy atom. The second kappa shape index (κ2) is 10.8. The standard InChI is InChI=1S/C23H35N3O4/c1-23(13-15-30-16-23)22(29)26-19(21(27)28)10-6-4-2-3-5-9-18-12-11-17-8-7-14-24-20(17)25-18/h11-12,19H,2-10,13-16H2,1H3,(H,24,25)(H,26,29)(H,27,28)/t19-,23+/m0/s1. The third-order valence-corrected chi connectivity index (χ3v) is 6.25. The fourth-order valence-corrected chi connectivity index (χ4v) is 4.13. The number of amides is 1. The van der Waals surface area contributed by atoms with Crippen LogP contribution in [0.4, 0.5) is 5.82 Å². The maximum Gasteiger partial charge on any atom is 0.326 e. The number of rotatable bonds is 11. The van der Waals surface area contributed by atoms with E-state index in [4.69, 9.17) is 9.72 Å². The summed E-state index contributed by atoms with van der Waals surface area (Å²) in [4.78, 5) is 28.7. The Morgan fingerprint density at radius 3 is 2.83 bits per heavy atom. The van der Waals surface area contributed by atoms with Gasteiger partial charge in [0.1, 0.15) is 11.9 Å². The first-order valence-corrected chi connectivity index (χ1v) is 11.3. The van der Waals surface area contributed by atoms with Crippen LogP contribution in [0.5, 0.6) is 0 Å². The maximum absolute atomic E-state index is 12.4. The predicted octanol–water partition coefficient (Wildman–Crippen LogP) is 3.32. The van der Waals surface area contributed by atoms with Gasteiger partial charge in [-0.2, -0.15) is 0 Å². The molecular weight excluding hydrogens is 382 g/mol. The lowest BCUT2D eigenvalue weighted by atomic mass is 9.88. The van der Waals surface area contributed by atoms with Gasteiger partial charge in [0, 0.05) is 18.8 Å². The predicted molar refractivity (Wildman–Crippen MR) is 116 cm³/mol. The minimum atomic E-state index is -0.960. The molecule has 2 aliphatic rings. The summed E-state index contributed by atoms with van der Waals surface area (Å²) >= 11 is 0. The number of ether oxygens (including phenoxy) is 1. The zero-order valence-electron chi connectivity index (χ0n) is 18.0. The molecular formula is C23H35N3O4. The summed E-state index contributed by atoms with van der Waals surface area (Å²) in [5, 5.41) is 15.5. The number of nitrogens with zero attached hydrogens (tertiary/aromatic N) is 1. The molecule has 3 heterocycles. The molecule has 0 aromatic carbocycles. The molecule has 7 nitrogen and oxygen atoms in total. The van der Waals surface area contributed by atoms with E-state index in [1.807, 2.05) is 6.92 Å². The van der Waals surface area contributed by atoms with Gasteiger partial charge in [0.05, 0.1) is 12.0 Å². The number of fused-ring (bicyclic) bond motifs is 1. The molecule has 1 fully saturated rings. The Morgan fingerprint density at radius 1 is 1.27 bits per heavy atom. The molecule has 0 radical (unpaired) electrons. The molecule has 0 aliphatic carbocycles. The SMILES string of the molecule is C[C@@]1(C(=O)N[C@@H](CCCCCCCc2ccc3c(n2)NCCC3)C(=O)O)CCOC1. The summed E-state index contributed by atoms with van der Waals surface area (Å²) in [7, 11) is 0. The number of carbonyl (C=O) groups excluding carboxylic acids is 1. The van der Waals surface area contributed by atoms with Crippen molar-refractivity contribution in [1.82, 2.24) is 10.3 Å². The Hall–Kier alpha value is -2.15. The molecule has 3 rings (SSSR count). The first-order chi connectivity index (χ1) is 14.5. The van der Waals surface area contributed by atoms with Crippen molar-refractivity contribution in [1.29, 1.82) is 0 Å². The lowest BCUT2D eigenvalue weighted by molar-refractivity contribution is -0.144. The number of aliphatic carboxylic acids is 1. The van der Waals surface area contributed by atoms with Gasteiger partial charge < -0.3 is 20.5 Å². The third-order valence-electron chi connectivity index (χ3n) is 6.25. The topological polar surface area (TPSA) is 101 Å². The van der Waals surface area contributed by atoms with Crippen molar-refractivity contribution in [3.8, 4) is 0 Å². The van der Waals surface area contributed by atoms with Crippen LogP contribution in [-0.4, -0.2) is 47.8 Å². The number of unbranched alkanes of at least 4 members (excludes halogenated alkanes) is 4. The minimum Gasteiger partial charge on any atom is -0.480 e. The highest BCUT2D eigenvalue weighted by atomic mass is 16.5. The summed E-state index contributed by atoms with van der Waals surface area (Å²) in [5.41, 5.74) is 1.86. The molecule has 30 heavy (non-hydrogen) atoms. The van der Waals surface area contributed by atoms with Crippen molar-refractivity contribution in [2.45, 2.75) is 77.2 Å². The van der Waals surface area contributed by atoms with E-state index in [0.717, 1.165) is 63.0 Å². The summed E-state index contributed by atoms with van der Waals surface area (Å²) in [6.45, 7) is 3.76. The molecule has 7 heteroatoms. The van der Waals surface area contributed by atoms with Crippen LogP contribution in [0.1, 0.15) is 69.5 Å². The Kier molecular flexibility index (Phi) is 8.08. The largest absolute Gasteiger partial charge is 0.480 e. The van der Waals surface area contributed by atoms with Crippen LogP contribution >= 0.6 is 0 Å². The van der Waals surface area contributed by atoms with E-state index in [1.54, 1.807) is 0 Å². The second-order valence-corrected chi connectivity index (χ2v) is 8.87. The van der Waals surface area contributed by atoms with E-state index >= 15 is 0 Å². The highest BCUT2D eigenvalue weighted by molar-refractivity contribution is 5.87. The molecule has 3 N–H and O–H groups in total. The number of carbonyl (C=O) groups is 2. The number of nitrogens with one attached hydrogen (secondary N) is 2. The molecule has 1 aromatic heterocycles. The van der Waals surface area contributed by atoms with Gasteiger partial charge in [-0.15, -0.1) is 0 Å². The molecule has 0 saturated carbocycles. The number of carboxylic acid groups (broad SMARTS) is 1. The molecule has 1 saturated heterocycles. The lowest BCUT2D eigenvalue weighted by Gasteiger charge is -2.23. The van der Waals surface area contributed by atoms with Gasteiger partial charge >= 0.3 is 5.97 Å². The first kappa shape index (κ1) is 22.5. The van der Waals surface area contributed by atoms with Crippen LogP contribution in [0.2, 0.25) is 0 Å². The lowest BCUT2D eigenvalue weighted by Crippen LogP contribution is -2.47. The van der Waals surface area contributed by atoms with Gasteiger partial charge in [0.15, 0.2) is 0 Å². The van der Waals surface area contributed by atoms with Gasteiger partial charge in [-0.1, -0.05) is 31.7 Å². The second-order valence-electron chi connectivity index (χ2n) is 8.87. The van der Waals surface area contributed by atoms with E-state index in [9.17, 15) is 14.7 Å². The monoisotopic (exact) mass is 417 g/mol. The van der Waals surface area contributed by atoms with Gasteiger partial charge in [0.2, 0.25) is 5.91 Å². The minimum absolute atomic E-state index is 0.209. The summed E-state index contributed by atoms with van der Waals surface area (Å²) in [6, 6.07) is 3.52. The molecule has 1 amide bonds. The van der Waals surface area contributed by atoms with Crippen molar-refractivity contribution in [3.05, 3.63) is 23.4 Å². The van der Waals surface area contributed by atoms with Crippen LogP contribution < -0.4 is 10.6 Å². The van der Waals surface area contributed by atoms with E-state index in [2.05, 4.69) is 22.8 Å². The first-order valence-electron chi connectivity index (χ1n) is 11.3. The van der Waals surface area contributed by atoms with Gasteiger partial charge in [-0.25, -0.2) is 9.78 Å². The molecule has 2 aliphatic heterocycles. The number of hydrogen-bond donors (Lipinski definition) is 3. The number of hydrogen-bond acceptors (Lipinski definition) is 5. The normalized spacial score (nSPS) is 21.5. The summed E-state index contributed by atoms with van der Waals surface area (Å²) < 4.78 is 5.30. The van der Waals surface area contributed by atoms with E-state index < -0.39 is 17.4 Å². The van der Waals surface area contributed by atoms with Gasteiger partial charge in [-0.05, 0) is 57.1 Å². The fourth-order valence-electron chi connectivity index (χ4n) is 4.13. The third kappa shape index (κ3) is 6.17. The van der Waals surface area contributed by atoms with Crippen molar-refractivity contribution in [2.24, 2.45) is 5.41 Å². The van der Waals surface area contributed by atoms with Crippen LogP contribution in [0, 0.1) is 5.41 Å². The molecule has 0 bridgehead atoms. The van der Waals surface area contributed by atoms with Crippen molar-refractivity contribution >= 4 is 17.7 Å². The van der Waals surface area contributed by atoms with Crippen molar-refractivity contribution in [2.75, 3.05) is 25.1 Å². The van der Waals surface area contributed by atoms with E-state index in [0.29, 0.717) is 26.1 Å². The quantitative estimate of drug-likeness (QED) is 0.478. The van der Waals surface area contributed by atoms with Crippen LogP contribution in [0.25, 0.3) is 0 Å². The molecule has 2 atom stereocenters. The number of anilines is 1. The highest BCUT2D eigenvalue weighted by Gasteiger charge is 2.39. The highest BCUT2D eigenvalue weighted by Crippen LogP contribution is 2.28. The molecule has 1 aromatic rings. The number of aromatic nitrogens is 1. The average Bonchev–Trinajstić information content (AvgIpc) is 3.19. The van der Waals surface area contributed by atoms with Crippen molar-refractivity contribution in [3.63, 3.8) is 0 Å². The van der Waals surface area contributed by atoms with Crippen LogP contribution in [-0.2, 0) is 27.2 Å². The molecule has 0 unspecified atom stereocenters. The van der Waals surface area contributed by atoms with E-state index in [1.165, 1.54) is 12.0 Å². The summed E-state index contributed by atoms with van der Waals surface area (Å²) in [5.74, 6) is -0.115. The average molecular weight is 418 g/mol. The molecule has 166 valence electrons. The van der Waals surface area contributed by atoms with Gasteiger partial charge in [-0.3, -0.25) is 4.79 Å². The van der Waals surface area contributed by atoms with Crippen LogP contribution in [0.3, 0.4) is 0 Å². The Balaban J connectivity index is 1.30. The maximum atomic E-state index is 12.4. The zero-order valence-corrected chi connectivity index (χ0v) is 18.0. The fraction of sp³-hybridized carbons (Fsp3) is 0.696. The van der Waals surface area contributed by atoms with Crippen LogP contribution in [0.15, 0.2) is 12.1 Å². The smallest absolute Gasteiger partial charge is 0.326 e. The van der Waals surface area contributed by atoms with E-state index in [-0.39, 0.29) is 5.91 Å². The Labute approximate surface area is 179 Å². The van der Waals surface area contributed by atoms with Crippen molar-refractivity contribution < 1.29 is 19.4 Å². The number of carboxylic acids is 1. The number of aryl methyl sites for hydroxylation is 2. The molecule has 0 spiro atoms. The summed E-state index contributed by atoms with van der Waals surface area (Å²) in [6.07, 6.45) is 9.39.